The van der Waals surface area contributed by atoms with Gasteiger partial charge in [-0.05, 0) is 18.6 Å². The van der Waals surface area contributed by atoms with Gasteiger partial charge in [-0.2, -0.15) is 0 Å². The highest BCUT2D eigenvalue weighted by atomic mass is 16.6. The quantitative estimate of drug-likeness (QED) is 0.242. The molecule has 0 spiro atoms. The summed E-state index contributed by atoms with van der Waals surface area (Å²) >= 11 is 0. The van der Waals surface area contributed by atoms with Gasteiger partial charge in [0.2, 0.25) is 5.88 Å². The zero-order chi connectivity index (χ0) is 20.8. The molecule has 10 heteroatoms. The molecule has 0 fully saturated rings. The van der Waals surface area contributed by atoms with Crippen LogP contribution in [0.2, 0.25) is 0 Å². The van der Waals surface area contributed by atoms with Crippen molar-refractivity contribution in [2.45, 2.75) is 12.8 Å². The summed E-state index contributed by atoms with van der Waals surface area (Å²) in [6.07, 6.45) is 0.361. The minimum absolute atomic E-state index is 0.0435. The monoisotopic (exact) mass is 395 g/mol. The zero-order valence-electron chi connectivity index (χ0n) is 15.2. The summed E-state index contributed by atoms with van der Waals surface area (Å²) in [5, 5.41) is 31.3. The number of aromatic hydroxyl groups is 1. The number of azo groups is 1. The maximum Gasteiger partial charge on any atom is 0.270 e. The number of nitrogens with one attached hydrogen (secondary N) is 2. The maximum absolute atomic E-state index is 12.0. The normalized spacial score (nSPS) is 11.0. The molecule has 29 heavy (non-hydrogen) atoms. The van der Waals surface area contributed by atoms with Crippen molar-refractivity contribution in [3.8, 4) is 5.88 Å². The van der Waals surface area contributed by atoms with Gasteiger partial charge in [-0.15, -0.1) is 10.2 Å². The number of carbonyl (C=O) groups excluding carboxylic acids is 2. The Balaban J connectivity index is 1.49. The van der Waals surface area contributed by atoms with Crippen LogP contribution in [-0.2, 0) is 4.79 Å². The minimum Gasteiger partial charge on any atom is -0.493 e. The second-order valence-electron chi connectivity index (χ2n) is 6.13. The van der Waals surface area contributed by atoms with Crippen LogP contribution in [0.5, 0.6) is 5.88 Å². The molecule has 3 aromatic rings. The largest absolute Gasteiger partial charge is 0.493 e. The molecule has 1 aromatic heterocycles. The molecule has 0 aliphatic rings. The first kappa shape index (κ1) is 19.7. The fourth-order valence-electron chi connectivity index (χ4n) is 2.67. The Hall–Kier alpha value is -4.08. The molecule has 10 nitrogen and oxygen atoms in total. The molecule has 3 rings (SSSR count). The number of amides is 2. The Labute approximate surface area is 164 Å². The van der Waals surface area contributed by atoms with Gasteiger partial charge in [-0.1, -0.05) is 24.3 Å². The third-order valence-electron chi connectivity index (χ3n) is 4.09. The van der Waals surface area contributed by atoms with Crippen molar-refractivity contribution in [3.63, 3.8) is 0 Å². The first-order valence-electron chi connectivity index (χ1n) is 8.72. The Kier molecular flexibility index (Phi) is 5.93. The van der Waals surface area contributed by atoms with Crippen molar-refractivity contribution in [3.05, 3.63) is 64.2 Å². The van der Waals surface area contributed by atoms with E-state index in [-0.39, 0.29) is 35.8 Å². The third kappa shape index (κ3) is 4.80. The van der Waals surface area contributed by atoms with Gasteiger partial charge in [0.1, 0.15) is 0 Å². The Morgan fingerprint density at radius 2 is 1.97 bits per heavy atom. The highest BCUT2D eigenvalue weighted by molar-refractivity contribution is 5.95. The molecule has 0 bridgehead atoms. The van der Waals surface area contributed by atoms with E-state index in [4.69, 9.17) is 0 Å². The molecule has 0 radical (unpaired) electrons. The molecule has 0 aliphatic carbocycles. The number of para-hydroxylation sites is 1. The summed E-state index contributed by atoms with van der Waals surface area (Å²) in [4.78, 5) is 36.8. The van der Waals surface area contributed by atoms with E-state index in [1.165, 1.54) is 24.3 Å². The number of fused-ring (bicyclic) bond motifs is 1. The molecule has 0 saturated carbocycles. The summed E-state index contributed by atoms with van der Waals surface area (Å²) in [6, 6.07) is 12.5. The van der Waals surface area contributed by atoms with E-state index in [2.05, 4.69) is 20.5 Å². The summed E-state index contributed by atoms with van der Waals surface area (Å²) in [6.45, 7) is 0.196. The fourth-order valence-corrected chi connectivity index (χ4v) is 2.67. The number of aromatic amines is 1. The van der Waals surface area contributed by atoms with Crippen LogP contribution in [0.25, 0.3) is 10.9 Å². The van der Waals surface area contributed by atoms with Gasteiger partial charge < -0.3 is 15.4 Å². The second-order valence-corrected chi connectivity index (χ2v) is 6.13. The number of nitro benzene ring substituents is 1. The van der Waals surface area contributed by atoms with Crippen LogP contribution in [-0.4, -0.2) is 33.4 Å². The summed E-state index contributed by atoms with van der Waals surface area (Å²) in [7, 11) is 0. The van der Waals surface area contributed by atoms with E-state index >= 15 is 0 Å². The molecular weight excluding hydrogens is 378 g/mol. The minimum atomic E-state index is -0.577. The molecule has 3 N–H and O–H groups in total. The topological polar surface area (TPSA) is 150 Å². The van der Waals surface area contributed by atoms with E-state index in [1.54, 1.807) is 24.3 Å². The first-order valence-corrected chi connectivity index (χ1v) is 8.72. The van der Waals surface area contributed by atoms with Gasteiger partial charge >= 0.3 is 0 Å². The highest BCUT2D eigenvalue weighted by Crippen LogP contribution is 2.35. The number of hydrogen-bond donors (Lipinski definition) is 3. The zero-order valence-corrected chi connectivity index (χ0v) is 15.2. The lowest BCUT2D eigenvalue weighted by Crippen LogP contribution is -2.24. The van der Waals surface area contributed by atoms with E-state index in [9.17, 15) is 24.8 Å². The van der Waals surface area contributed by atoms with Gasteiger partial charge in [0.25, 0.3) is 17.5 Å². The lowest BCUT2D eigenvalue weighted by Gasteiger charge is -2.04. The second kappa shape index (κ2) is 8.74. The Morgan fingerprint density at radius 1 is 1.17 bits per heavy atom. The van der Waals surface area contributed by atoms with E-state index in [0.717, 1.165) is 0 Å². The van der Waals surface area contributed by atoms with Crippen LogP contribution >= 0.6 is 0 Å². The summed E-state index contributed by atoms with van der Waals surface area (Å²) < 4.78 is 0. The number of hydrogen-bond acceptors (Lipinski definition) is 6. The number of rotatable bonds is 7. The van der Waals surface area contributed by atoms with Crippen molar-refractivity contribution in [2.24, 2.45) is 10.2 Å². The van der Waals surface area contributed by atoms with Gasteiger partial charge in [-0.25, -0.2) is 0 Å². The summed E-state index contributed by atoms with van der Waals surface area (Å²) in [5.41, 5.74) is 0.858. The lowest BCUT2D eigenvalue weighted by molar-refractivity contribution is -0.384. The number of aromatic nitrogens is 1. The first-order chi connectivity index (χ1) is 14.0. The van der Waals surface area contributed by atoms with Crippen molar-refractivity contribution in [1.29, 1.82) is 0 Å². The summed E-state index contributed by atoms with van der Waals surface area (Å²) in [5.74, 6) is -1.14. The molecule has 0 unspecified atom stereocenters. The molecule has 0 aliphatic heterocycles. The van der Waals surface area contributed by atoms with Crippen LogP contribution in [0, 0.1) is 10.1 Å². The van der Waals surface area contributed by atoms with E-state index in [0.29, 0.717) is 17.3 Å². The van der Waals surface area contributed by atoms with Crippen molar-refractivity contribution < 1.29 is 19.6 Å². The smallest absolute Gasteiger partial charge is 0.270 e. The van der Waals surface area contributed by atoms with Crippen LogP contribution in [0.15, 0.2) is 58.8 Å². The molecule has 2 aromatic carbocycles. The van der Waals surface area contributed by atoms with Crippen LogP contribution < -0.4 is 5.32 Å². The number of H-pyrrole nitrogens is 1. The number of benzene rings is 2. The Bertz CT molecular complexity index is 1110. The van der Waals surface area contributed by atoms with Gasteiger partial charge in [0.15, 0.2) is 5.69 Å². The number of nitrogens with zero attached hydrogens (tertiary/aromatic N) is 3. The molecule has 148 valence electrons. The van der Waals surface area contributed by atoms with Gasteiger partial charge in [-0.3, -0.25) is 19.7 Å². The maximum atomic E-state index is 12.0. The predicted octanol–water partition coefficient (Wildman–Crippen LogP) is 3.60. The number of non-ortho nitro benzene ring substituents is 1. The predicted molar refractivity (Wildman–Crippen MR) is 104 cm³/mol. The van der Waals surface area contributed by atoms with Crippen LogP contribution in [0.3, 0.4) is 0 Å². The SMILES string of the molecule is O=C(CCCNC(=O)c1cccc([N+](=O)[O-])c1)N=Nc1c(O)[nH]c2ccccc12. The van der Waals surface area contributed by atoms with Gasteiger partial charge in [0, 0.05) is 36.0 Å². The average Bonchev–Trinajstić information content (AvgIpc) is 3.04. The van der Waals surface area contributed by atoms with E-state index in [1.807, 2.05) is 0 Å². The van der Waals surface area contributed by atoms with E-state index < -0.39 is 16.7 Å². The molecule has 0 atom stereocenters. The van der Waals surface area contributed by atoms with Crippen molar-refractivity contribution in [2.75, 3.05) is 6.54 Å². The molecule has 2 amide bonds. The number of carbonyl (C=O) groups is 2. The Morgan fingerprint density at radius 3 is 2.76 bits per heavy atom. The average molecular weight is 395 g/mol. The lowest BCUT2D eigenvalue weighted by atomic mass is 10.2. The number of nitro groups is 1. The van der Waals surface area contributed by atoms with Crippen LogP contribution in [0.1, 0.15) is 23.2 Å². The fraction of sp³-hybridized carbons (Fsp3) is 0.158. The molecule has 1 heterocycles. The van der Waals surface area contributed by atoms with Crippen LogP contribution in [0.4, 0.5) is 11.4 Å². The molecule has 0 saturated heterocycles. The van der Waals surface area contributed by atoms with Crippen molar-refractivity contribution in [1.82, 2.24) is 10.3 Å². The molecular formula is C19H17N5O5. The highest BCUT2D eigenvalue weighted by Gasteiger charge is 2.12. The van der Waals surface area contributed by atoms with Gasteiger partial charge in [0.05, 0.1) is 10.4 Å². The third-order valence-corrected chi connectivity index (χ3v) is 4.09. The van der Waals surface area contributed by atoms with Crippen molar-refractivity contribution >= 4 is 34.1 Å². The standard InChI is InChI=1S/C19H17N5O5/c25-16(22-23-17-14-7-1-2-8-15(14)21-19(17)27)9-4-10-20-18(26)12-5-3-6-13(11-12)24(28)29/h1-3,5-8,11,21,27H,4,9-10H2,(H,20,26).